The maximum Gasteiger partial charge on any atom is 0.183 e. The first-order valence-electron chi connectivity index (χ1n) is 5.46. The van der Waals surface area contributed by atoms with Crippen LogP contribution in [-0.4, -0.2) is 21.3 Å². The summed E-state index contributed by atoms with van der Waals surface area (Å²) in [5, 5.41) is 17.7. The smallest absolute Gasteiger partial charge is 0.183 e. The van der Waals surface area contributed by atoms with Gasteiger partial charge in [0, 0.05) is 25.3 Å². The molecule has 1 rings (SSSR count). The molecule has 98 valence electrons. The molecular formula is C14H14N2O3. The minimum atomic E-state index is -0.449. The van der Waals surface area contributed by atoms with E-state index in [0.717, 1.165) is 5.56 Å². The maximum atomic E-state index is 8.86. The Balaban J connectivity index is 3.15. The number of ether oxygens (including phenoxy) is 3. The Morgan fingerprint density at radius 3 is 1.89 bits per heavy atom. The first kappa shape index (κ1) is 14.7. The average Bonchev–Trinajstić information content (AvgIpc) is 2.47. The van der Waals surface area contributed by atoms with Crippen LogP contribution in [0.2, 0.25) is 0 Å². The van der Waals surface area contributed by atoms with Gasteiger partial charge in [0.15, 0.2) is 17.6 Å². The molecule has 5 heteroatoms. The molecule has 1 aromatic rings. The van der Waals surface area contributed by atoms with Crippen molar-refractivity contribution in [2.24, 2.45) is 0 Å². The minimum absolute atomic E-state index is 0.0646. The van der Waals surface area contributed by atoms with E-state index in [1.54, 1.807) is 50.6 Å². The van der Waals surface area contributed by atoms with E-state index in [1.165, 1.54) is 7.11 Å². The van der Waals surface area contributed by atoms with Gasteiger partial charge in [-0.2, -0.15) is 10.5 Å². The molecule has 0 spiro atoms. The van der Waals surface area contributed by atoms with Crippen LogP contribution in [-0.2, 0) is 14.2 Å². The predicted molar refractivity (Wildman–Crippen MR) is 68.4 cm³/mol. The van der Waals surface area contributed by atoms with E-state index in [2.05, 4.69) is 0 Å². The number of nitriles is 2. The predicted octanol–water partition coefficient (Wildman–Crippen LogP) is 2.38. The Morgan fingerprint density at radius 1 is 1.00 bits per heavy atom. The Labute approximate surface area is 112 Å². The Hall–Kier alpha value is -2.34. The third-order valence-corrected chi connectivity index (χ3v) is 2.53. The lowest BCUT2D eigenvalue weighted by molar-refractivity contribution is -0.106. The molecule has 1 aromatic carbocycles. The molecule has 0 saturated heterocycles. The number of methoxy groups -OCH3 is 3. The van der Waals surface area contributed by atoms with Crippen LogP contribution in [0.25, 0.3) is 5.76 Å². The molecule has 0 atom stereocenters. The van der Waals surface area contributed by atoms with E-state index in [4.69, 9.17) is 24.7 Å². The van der Waals surface area contributed by atoms with Crippen molar-refractivity contribution in [3.05, 3.63) is 41.0 Å². The van der Waals surface area contributed by atoms with Gasteiger partial charge in [0.05, 0.1) is 7.11 Å². The third-order valence-electron chi connectivity index (χ3n) is 2.53. The highest BCUT2D eigenvalue weighted by Crippen LogP contribution is 2.23. The fourth-order valence-corrected chi connectivity index (χ4v) is 1.65. The Morgan fingerprint density at radius 2 is 1.53 bits per heavy atom. The molecule has 0 N–H and O–H groups in total. The first-order valence-corrected chi connectivity index (χ1v) is 5.46. The maximum absolute atomic E-state index is 8.86. The summed E-state index contributed by atoms with van der Waals surface area (Å²) in [4.78, 5) is 0. The zero-order chi connectivity index (χ0) is 14.3. The molecule has 0 saturated carbocycles. The summed E-state index contributed by atoms with van der Waals surface area (Å²) in [7, 11) is 4.52. The lowest BCUT2D eigenvalue weighted by atomic mass is 10.1. The summed E-state index contributed by atoms with van der Waals surface area (Å²) in [5.74, 6) is 0.253. The van der Waals surface area contributed by atoms with Gasteiger partial charge in [0.25, 0.3) is 0 Å². The number of rotatable bonds is 5. The molecule has 0 bridgehead atoms. The second kappa shape index (κ2) is 7.17. The zero-order valence-electron chi connectivity index (χ0n) is 11.0. The van der Waals surface area contributed by atoms with Crippen LogP contribution in [0.3, 0.4) is 0 Å². The van der Waals surface area contributed by atoms with Crippen LogP contribution in [0.1, 0.15) is 17.4 Å². The molecule has 0 aliphatic carbocycles. The van der Waals surface area contributed by atoms with Crippen LogP contribution in [0.4, 0.5) is 0 Å². The molecule has 0 aromatic heterocycles. The van der Waals surface area contributed by atoms with Crippen molar-refractivity contribution in [1.82, 2.24) is 0 Å². The van der Waals surface area contributed by atoms with Gasteiger partial charge in [-0.05, 0) is 0 Å². The van der Waals surface area contributed by atoms with Crippen LogP contribution in [0.15, 0.2) is 29.8 Å². The Kier molecular flexibility index (Phi) is 5.56. The number of hydrogen-bond donors (Lipinski definition) is 0. The minimum Gasteiger partial charge on any atom is -0.494 e. The summed E-state index contributed by atoms with van der Waals surface area (Å²) in [6.45, 7) is 0. The van der Waals surface area contributed by atoms with Crippen molar-refractivity contribution in [3.8, 4) is 12.1 Å². The second-order valence-corrected chi connectivity index (χ2v) is 3.56. The number of allylic oxidation sites excluding steroid dienone is 1. The molecule has 0 aliphatic heterocycles. The molecule has 5 nitrogen and oxygen atoms in total. The normalized spacial score (nSPS) is 9.58. The van der Waals surface area contributed by atoms with Gasteiger partial charge in [-0.15, -0.1) is 0 Å². The quantitative estimate of drug-likeness (QED) is 0.460. The van der Waals surface area contributed by atoms with Crippen molar-refractivity contribution >= 4 is 5.76 Å². The van der Waals surface area contributed by atoms with Gasteiger partial charge in [0.2, 0.25) is 0 Å². The molecule has 0 amide bonds. The van der Waals surface area contributed by atoms with Gasteiger partial charge in [-0.1, -0.05) is 24.3 Å². The number of benzene rings is 1. The molecular weight excluding hydrogens is 244 g/mol. The highest BCUT2D eigenvalue weighted by atomic mass is 16.7. The van der Waals surface area contributed by atoms with Gasteiger partial charge in [-0.3, -0.25) is 0 Å². The van der Waals surface area contributed by atoms with E-state index >= 15 is 0 Å². The molecule has 0 fully saturated rings. The standard InChI is InChI=1S/C14H14N2O3/c1-17-13(12(8-15)9-16)10-4-6-11(7-5-10)14(18-2)19-3/h4-7,14H,1-3H3. The molecule has 0 unspecified atom stereocenters. The summed E-state index contributed by atoms with van der Waals surface area (Å²) in [6.07, 6.45) is -0.449. The van der Waals surface area contributed by atoms with Gasteiger partial charge < -0.3 is 14.2 Å². The average molecular weight is 258 g/mol. The van der Waals surface area contributed by atoms with Gasteiger partial charge >= 0.3 is 0 Å². The SMILES string of the molecule is COC(=C(C#N)C#N)c1ccc(C(OC)OC)cc1. The van der Waals surface area contributed by atoms with Crippen molar-refractivity contribution in [1.29, 1.82) is 10.5 Å². The highest BCUT2D eigenvalue weighted by Gasteiger charge is 2.12. The van der Waals surface area contributed by atoms with Crippen molar-refractivity contribution in [3.63, 3.8) is 0 Å². The molecule has 19 heavy (non-hydrogen) atoms. The van der Waals surface area contributed by atoms with E-state index in [1.807, 2.05) is 0 Å². The van der Waals surface area contributed by atoms with E-state index in [9.17, 15) is 0 Å². The third kappa shape index (κ3) is 3.32. The van der Waals surface area contributed by atoms with Gasteiger partial charge in [-0.25, -0.2) is 0 Å². The largest absolute Gasteiger partial charge is 0.494 e. The van der Waals surface area contributed by atoms with Crippen LogP contribution in [0.5, 0.6) is 0 Å². The molecule has 0 radical (unpaired) electrons. The first-order chi connectivity index (χ1) is 9.21. The van der Waals surface area contributed by atoms with E-state index in [-0.39, 0.29) is 11.3 Å². The summed E-state index contributed by atoms with van der Waals surface area (Å²) in [6, 6.07) is 10.7. The molecule has 0 heterocycles. The molecule has 0 aliphatic rings. The summed E-state index contributed by atoms with van der Waals surface area (Å²) >= 11 is 0. The van der Waals surface area contributed by atoms with Crippen molar-refractivity contribution < 1.29 is 14.2 Å². The topological polar surface area (TPSA) is 75.3 Å². The second-order valence-electron chi connectivity index (χ2n) is 3.56. The van der Waals surface area contributed by atoms with Crippen LogP contribution in [0, 0.1) is 22.7 Å². The van der Waals surface area contributed by atoms with E-state index in [0.29, 0.717) is 5.56 Å². The lowest BCUT2D eigenvalue weighted by Crippen LogP contribution is -2.03. The van der Waals surface area contributed by atoms with Crippen molar-refractivity contribution in [2.45, 2.75) is 6.29 Å². The Bertz CT molecular complexity index is 515. The van der Waals surface area contributed by atoms with Crippen molar-refractivity contribution in [2.75, 3.05) is 21.3 Å². The monoisotopic (exact) mass is 258 g/mol. The van der Waals surface area contributed by atoms with Crippen LogP contribution >= 0.6 is 0 Å². The fraction of sp³-hybridized carbons (Fsp3) is 0.286. The summed E-state index contributed by atoms with van der Waals surface area (Å²) in [5.41, 5.74) is 1.42. The van der Waals surface area contributed by atoms with E-state index < -0.39 is 6.29 Å². The fourth-order valence-electron chi connectivity index (χ4n) is 1.65. The van der Waals surface area contributed by atoms with Gasteiger partial charge in [0.1, 0.15) is 12.1 Å². The zero-order valence-corrected chi connectivity index (χ0v) is 11.0. The lowest BCUT2D eigenvalue weighted by Gasteiger charge is -2.14. The summed E-state index contributed by atoms with van der Waals surface area (Å²) < 4.78 is 15.4. The van der Waals surface area contributed by atoms with Crippen LogP contribution < -0.4 is 0 Å². The number of nitrogens with zero attached hydrogens (tertiary/aromatic N) is 2. The number of hydrogen-bond acceptors (Lipinski definition) is 5. The highest BCUT2D eigenvalue weighted by molar-refractivity contribution is 5.70.